The van der Waals surface area contributed by atoms with E-state index >= 15 is 0 Å². The van der Waals surface area contributed by atoms with Gasteiger partial charge in [-0.3, -0.25) is 9.10 Å². The second kappa shape index (κ2) is 12.9. The zero-order chi connectivity index (χ0) is 31.4. The van der Waals surface area contributed by atoms with Gasteiger partial charge in [0.1, 0.15) is 0 Å². The summed E-state index contributed by atoms with van der Waals surface area (Å²) in [6, 6.07) is 30.4. The van der Waals surface area contributed by atoms with Crippen LogP contribution in [-0.2, 0) is 16.6 Å². The van der Waals surface area contributed by atoms with Crippen LogP contribution in [0, 0.1) is 27.7 Å². The van der Waals surface area contributed by atoms with Gasteiger partial charge in [0.2, 0.25) is 0 Å². The van der Waals surface area contributed by atoms with Crippen molar-refractivity contribution in [3.05, 3.63) is 147 Å². The van der Waals surface area contributed by atoms with E-state index in [2.05, 4.69) is 39.4 Å². The van der Waals surface area contributed by atoms with Gasteiger partial charge in [-0.25, -0.2) is 13.8 Å². The summed E-state index contributed by atoms with van der Waals surface area (Å²) in [5, 5.41) is 4.79. The van der Waals surface area contributed by atoms with Crippen LogP contribution in [0.1, 0.15) is 44.0 Å². The van der Waals surface area contributed by atoms with E-state index in [-0.39, 0.29) is 22.7 Å². The number of aromatic nitrogens is 1. The van der Waals surface area contributed by atoms with Crippen LogP contribution < -0.4 is 9.73 Å². The molecular weight excluding hydrogens is 592 g/mol. The Morgan fingerprint density at radius 3 is 2.14 bits per heavy atom. The molecule has 0 saturated carbocycles. The van der Waals surface area contributed by atoms with Crippen molar-refractivity contribution in [1.82, 2.24) is 9.99 Å². The number of carbonyl (C=O) groups is 1. The molecule has 0 radical (unpaired) electrons. The van der Waals surface area contributed by atoms with E-state index in [1.54, 1.807) is 79.0 Å². The van der Waals surface area contributed by atoms with Crippen molar-refractivity contribution in [2.75, 3.05) is 4.31 Å². The first kappa shape index (κ1) is 30.8. The van der Waals surface area contributed by atoms with Gasteiger partial charge >= 0.3 is 0 Å². The number of halogens is 1. The van der Waals surface area contributed by atoms with E-state index in [4.69, 9.17) is 11.6 Å². The van der Waals surface area contributed by atoms with E-state index in [0.29, 0.717) is 10.6 Å². The largest absolute Gasteiger partial charge is 0.318 e. The molecule has 5 aromatic rings. The Hall–Kier alpha value is -4.66. The number of hydrogen-bond acceptors (Lipinski definition) is 4. The quantitative estimate of drug-likeness (QED) is 0.136. The van der Waals surface area contributed by atoms with Crippen molar-refractivity contribution in [1.29, 1.82) is 0 Å². The van der Waals surface area contributed by atoms with Gasteiger partial charge in [0.15, 0.2) is 0 Å². The SMILES string of the molecule is Cc1ccc(-n2c(C)cc(/C=N/NC(=O)c3ccccc3N(Cc3ccc(Cl)cc3)S(=O)(=O)c3ccc(C)cc3)c2C)cc1. The molecule has 7 nitrogen and oxygen atoms in total. The summed E-state index contributed by atoms with van der Waals surface area (Å²) in [5.74, 6) is -0.538. The minimum absolute atomic E-state index is 0.00800. The van der Waals surface area contributed by atoms with Gasteiger partial charge in [-0.15, -0.1) is 0 Å². The van der Waals surface area contributed by atoms with Gasteiger partial charge in [0, 0.05) is 27.7 Å². The monoisotopic (exact) mass is 624 g/mol. The second-order valence-corrected chi connectivity index (χ2v) is 13.0. The summed E-state index contributed by atoms with van der Waals surface area (Å²) in [5.41, 5.74) is 9.72. The minimum Gasteiger partial charge on any atom is -0.318 e. The summed E-state index contributed by atoms with van der Waals surface area (Å²) in [4.78, 5) is 13.6. The maximum Gasteiger partial charge on any atom is 0.273 e. The molecule has 4 aromatic carbocycles. The predicted octanol–water partition coefficient (Wildman–Crippen LogP) is 7.52. The lowest BCUT2D eigenvalue weighted by atomic mass is 10.1. The smallest absolute Gasteiger partial charge is 0.273 e. The molecule has 224 valence electrons. The third-order valence-corrected chi connectivity index (χ3v) is 9.42. The van der Waals surface area contributed by atoms with Gasteiger partial charge in [-0.2, -0.15) is 5.10 Å². The number of aryl methyl sites for hydroxylation is 3. The molecule has 1 heterocycles. The highest BCUT2D eigenvalue weighted by molar-refractivity contribution is 7.92. The zero-order valence-corrected chi connectivity index (χ0v) is 26.5. The Morgan fingerprint density at radius 2 is 1.48 bits per heavy atom. The van der Waals surface area contributed by atoms with Crippen molar-refractivity contribution in [3.63, 3.8) is 0 Å². The lowest BCUT2D eigenvalue weighted by Gasteiger charge is -2.26. The number of nitrogens with zero attached hydrogens (tertiary/aromatic N) is 3. The standard InChI is InChI=1S/C35H33ClN4O3S/c1-24-9-17-31(18-10-24)40-26(3)21-29(27(40)4)22-37-38-35(41)33-7-5-6-8-34(33)39(23-28-13-15-30(36)16-14-28)44(42,43)32-19-11-25(2)12-20-32/h5-22H,23H2,1-4H3,(H,38,41)/b37-22+. The normalized spacial score (nSPS) is 11.6. The van der Waals surface area contributed by atoms with Crippen molar-refractivity contribution in [3.8, 4) is 5.69 Å². The highest BCUT2D eigenvalue weighted by atomic mass is 35.5. The van der Waals surface area contributed by atoms with Gasteiger partial charge in [0.05, 0.1) is 28.9 Å². The number of rotatable bonds is 9. The molecule has 1 N–H and O–H groups in total. The Balaban J connectivity index is 1.46. The predicted molar refractivity (Wildman–Crippen MR) is 177 cm³/mol. The number of carbonyl (C=O) groups excluding carboxylic acids is 1. The summed E-state index contributed by atoms with van der Waals surface area (Å²) in [6.45, 7) is 7.94. The fourth-order valence-corrected chi connectivity index (χ4v) is 6.60. The molecule has 0 aliphatic carbocycles. The van der Waals surface area contributed by atoms with Crippen LogP contribution in [-0.4, -0.2) is 25.1 Å². The van der Waals surface area contributed by atoms with Crippen LogP contribution in [0.15, 0.2) is 113 Å². The third kappa shape index (κ3) is 6.61. The average Bonchev–Trinajstić information content (AvgIpc) is 3.29. The average molecular weight is 625 g/mol. The number of amides is 1. The topological polar surface area (TPSA) is 83.8 Å². The van der Waals surface area contributed by atoms with E-state index in [1.807, 2.05) is 33.8 Å². The molecule has 44 heavy (non-hydrogen) atoms. The van der Waals surface area contributed by atoms with Gasteiger partial charge in [-0.05, 0) is 87.9 Å². The molecule has 0 aliphatic rings. The molecule has 1 amide bonds. The van der Waals surface area contributed by atoms with Gasteiger partial charge < -0.3 is 4.57 Å². The number of hydrazone groups is 1. The van der Waals surface area contributed by atoms with E-state index < -0.39 is 15.9 Å². The van der Waals surface area contributed by atoms with E-state index in [0.717, 1.165) is 28.2 Å². The maximum absolute atomic E-state index is 14.0. The lowest BCUT2D eigenvalue weighted by Crippen LogP contribution is -2.33. The van der Waals surface area contributed by atoms with Crippen LogP contribution in [0.3, 0.4) is 0 Å². The van der Waals surface area contributed by atoms with Crippen LogP contribution in [0.2, 0.25) is 5.02 Å². The molecule has 5 rings (SSSR count). The first-order chi connectivity index (χ1) is 21.0. The fourth-order valence-electron chi connectivity index (χ4n) is 5.01. The van der Waals surface area contributed by atoms with E-state index in [9.17, 15) is 13.2 Å². The van der Waals surface area contributed by atoms with Crippen LogP contribution in [0.4, 0.5) is 5.69 Å². The Kier molecular flexibility index (Phi) is 9.04. The first-order valence-electron chi connectivity index (χ1n) is 14.1. The van der Waals surface area contributed by atoms with E-state index in [1.165, 1.54) is 9.87 Å². The number of benzene rings is 4. The number of sulfonamides is 1. The third-order valence-electron chi connectivity index (χ3n) is 7.40. The van der Waals surface area contributed by atoms with Crippen molar-refractivity contribution in [2.24, 2.45) is 5.10 Å². The van der Waals surface area contributed by atoms with Gasteiger partial charge in [-0.1, -0.05) is 71.3 Å². The maximum atomic E-state index is 14.0. The van der Waals surface area contributed by atoms with Crippen molar-refractivity contribution < 1.29 is 13.2 Å². The lowest BCUT2D eigenvalue weighted by molar-refractivity contribution is 0.0955. The molecule has 0 unspecified atom stereocenters. The highest BCUT2D eigenvalue weighted by Crippen LogP contribution is 2.30. The number of hydrogen-bond donors (Lipinski definition) is 1. The Labute approximate surface area is 263 Å². The molecule has 0 fully saturated rings. The molecule has 0 bridgehead atoms. The molecular formula is C35H33ClN4O3S. The van der Waals surface area contributed by atoms with Crippen molar-refractivity contribution in [2.45, 2.75) is 39.1 Å². The van der Waals surface area contributed by atoms with Crippen LogP contribution in [0.25, 0.3) is 5.69 Å². The molecule has 1 aromatic heterocycles. The summed E-state index contributed by atoms with van der Waals surface area (Å²) in [7, 11) is -4.06. The van der Waals surface area contributed by atoms with Gasteiger partial charge in [0.25, 0.3) is 15.9 Å². The molecule has 0 aliphatic heterocycles. The second-order valence-electron chi connectivity index (χ2n) is 10.7. The molecule has 0 atom stereocenters. The van der Waals surface area contributed by atoms with Crippen LogP contribution in [0.5, 0.6) is 0 Å². The summed E-state index contributed by atoms with van der Waals surface area (Å²) < 4.78 is 31.4. The fraction of sp³-hybridized carbons (Fsp3) is 0.143. The summed E-state index contributed by atoms with van der Waals surface area (Å²) >= 11 is 6.08. The Bertz CT molecular complexity index is 1930. The minimum atomic E-state index is -4.06. The number of para-hydroxylation sites is 1. The number of anilines is 1. The zero-order valence-electron chi connectivity index (χ0n) is 25.0. The van der Waals surface area contributed by atoms with Crippen molar-refractivity contribution >= 4 is 39.4 Å². The summed E-state index contributed by atoms with van der Waals surface area (Å²) in [6.07, 6.45) is 1.60. The number of nitrogens with one attached hydrogen (secondary N) is 1. The molecule has 0 spiro atoms. The highest BCUT2D eigenvalue weighted by Gasteiger charge is 2.28. The molecule has 9 heteroatoms. The Morgan fingerprint density at radius 1 is 0.864 bits per heavy atom. The first-order valence-corrected chi connectivity index (χ1v) is 15.9. The van der Waals surface area contributed by atoms with Crippen LogP contribution >= 0.6 is 11.6 Å². The molecule has 0 saturated heterocycles.